The fourth-order valence-corrected chi connectivity index (χ4v) is 3.17. The van der Waals surface area contributed by atoms with E-state index in [0.717, 1.165) is 18.5 Å². The van der Waals surface area contributed by atoms with Crippen molar-refractivity contribution in [3.05, 3.63) is 72.2 Å². The zero-order valence-corrected chi connectivity index (χ0v) is 14.4. The van der Waals surface area contributed by atoms with E-state index < -0.39 is 0 Å². The summed E-state index contributed by atoms with van der Waals surface area (Å²) in [6.45, 7) is 0.637. The number of amides is 1. The van der Waals surface area contributed by atoms with Gasteiger partial charge in [0.05, 0.1) is 17.9 Å². The van der Waals surface area contributed by atoms with Gasteiger partial charge in [0.1, 0.15) is 5.82 Å². The number of carbonyl (C=O) groups is 1. The molecule has 3 aromatic rings. The van der Waals surface area contributed by atoms with Crippen LogP contribution in [0, 0.1) is 5.82 Å². The summed E-state index contributed by atoms with van der Waals surface area (Å²) in [5.41, 5.74) is 1.22. The van der Waals surface area contributed by atoms with E-state index >= 15 is 0 Å². The van der Waals surface area contributed by atoms with E-state index in [9.17, 15) is 9.18 Å². The molecular formula is C19H17FN6O. The Bertz CT molecular complexity index is 934. The van der Waals surface area contributed by atoms with Gasteiger partial charge in [0.2, 0.25) is 5.95 Å². The molecule has 4 rings (SSSR count). The van der Waals surface area contributed by atoms with Gasteiger partial charge < -0.3 is 10.2 Å². The van der Waals surface area contributed by atoms with E-state index in [1.165, 1.54) is 24.3 Å². The lowest BCUT2D eigenvalue weighted by Crippen LogP contribution is -2.31. The molecule has 7 nitrogen and oxygen atoms in total. The lowest BCUT2D eigenvalue weighted by atomic mass is 10.1. The Kier molecular flexibility index (Phi) is 4.69. The largest absolute Gasteiger partial charge is 0.330 e. The summed E-state index contributed by atoms with van der Waals surface area (Å²) in [4.78, 5) is 31.5. The molecule has 1 N–H and O–H groups in total. The van der Waals surface area contributed by atoms with Crippen LogP contribution in [-0.4, -0.2) is 37.3 Å². The second-order valence-electron chi connectivity index (χ2n) is 6.18. The molecule has 1 atom stereocenters. The summed E-state index contributed by atoms with van der Waals surface area (Å²) < 4.78 is 13.1. The summed E-state index contributed by atoms with van der Waals surface area (Å²) in [7, 11) is 0. The molecule has 0 radical (unpaired) electrons. The number of carbonyl (C=O) groups excluding carboxylic acids is 1. The average molecular weight is 364 g/mol. The minimum Gasteiger partial charge on any atom is -0.330 e. The Morgan fingerprint density at radius 1 is 1.11 bits per heavy atom. The first-order valence-electron chi connectivity index (χ1n) is 8.63. The molecule has 2 aromatic heterocycles. The van der Waals surface area contributed by atoms with Crippen LogP contribution in [0.1, 0.15) is 34.9 Å². The smallest absolute Gasteiger partial charge is 0.254 e. The number of anilines is 2. The molecule has 1 aromatic carbocycles. The molecule has 3 heterocycles. The van der Waals surface area contributed by atoms with Crippen molar-refractivity contribution in [2.24, 2.45) is 0 Å². The van der Waals surface area contributed by atoms with Crippen LogP contribution < -0.4 is 5.32 Å². The van der Waals surface area contributed by atoms with Gasteiger partial charge in [0.15, 0.2) is 5.82 Å². The molecule has 0 bridgehead atoms. The predicted molar refractivity (Wildman–Crippen MR) is 96.8 cm³/mol. The third kappa shape index (κ3) is 3.74. The fourth-order valence-electron chi connectivity index (χ4n) is 3.17. The number of nitrogens with zero attached hydrogens (tertiary/aromatic N) is 5. The first-order valence-corrected chi connectivity index (χ1v) is 8.63. The highest BCUT2D eigenvalue weighted by atomic mass is 19.1. The summed E-state index contributed by atoms with van der Waals surface area (Å²) in [6.07, 6.45) is 8.09. The number of hydrogen-bond donors (Lipinski definition) is 1. The second kappa shape index (κ2) is 7.45. The van der Waals surface area contributed by atoms with Crippen LogP contribution in [0.25, 0.3) is 0 Å². The van der Waals surface area contributed by atoms with Crippen LogP contribution in [0.4, 0.5) is 16.2 Å². The first kappa shape index (κ1) is 17.0. The maximum Gasteiger partial charge on any atom is 0.254 e. The molecule has 1 fully saturated rings. The van der Waals surface area contributed by atoms with Crippen LogP contribution in [0.15, 0.2) is 55.1 Å². The molecule has 1 aliphatic rings. The Labute approximate surface area is 155 Å². The van der Waals surface area contributed by atoms with Crippen LogP contribution >= 0.6 is 0 Å². The highest BCUT2D eigenvalue weighted by molar-refractivity contribution is 5.94. The van der Waals surface area contributed by atoms with Gasteiger partial charge in [-0.1, -0.05) is 0 Å². The van der Waals surface area contributed by atoms with Crippen molar-refractivity contribution in [2.75, 3.05) is 11.9 Å². The van der Waals surface area contributed by atoms with Crippen molar-refractivity contribution in [1.82, 2.24) is 24.8 Å². The molecule has 8 heteroatoms. The van der Waals surface area contributed by atoms with Crippen molar-refractivity contribution in [3.63, 3.8) is 0 Å². The van der Waals surface area contributed by atoms with E-state index in [2.05, 4.69) is 25.3 Å². The summed E-state index contributed by atoms with van der Waals surface area (Å²) in [6, 6.07) is 7.27. The van der Waals surface area contributed by atoms with E-state index in [1.54, 1.807) is 29.7 Å². The normalized spacial score (nSPS) is 16.3. The Balaban J connectivity index is 1.56. The topological polar surface area (TPSA) is 83.9 Å². The Hall–Kier alpha value is -3.42. The van der Waals surface area contributed by atoms with E-state index in [0.29, 0.717) is 23.9 Å². The molecule has 1 amide bonds. The zero-order chi connectivity index (χ0) is 18.6. The number of benzene rings is 1. The monoisotopic (exact) mass is 364 g/mol. The zero-order valence-electron chi connectivity index (χ0n) is 14.4. The summed E-state index contributed by atoms with van der Waals surface area (Å²) >= 11 is 0. The second-order valence-corrected chi connectivity index (χ2v) is 6.18. The van der Waals surface area contributed by atoms with Crippen LogP contribution in [0.5, 0.6) is 0 Å². The molecule has 1 saturated heterocycles. The highest BCUT2D eigenvalue weighted by Gasteiger charge is 2.31. The highest BCUT2D eigenvalue weighted by Crippen LogP contribution is 2.32. The third-order valence-corrected chi connectivity index (χ3v) is 4.43. The third-order valence-electron chi connectivity index (χ3n) is 4.43. The molecule has 1 aliphatic heterocycles. The standard InChI is InChI=1S/C19H17FN6O/c20-14-5-3-13(4-6-14)18(27)26-11-1-2-16(26)15-7-8-23-19(24-15)25-17-12-21-9-10-22-17/h3-10,12,16H,1-2,11H2,(H,22,23,24,25)/t16-/m0/s1. The maximum absolute atomic E-state index is 13.1. The van der Waals surface area contributed by atoms with Gasteiger partial charge in [-0.05, 0) is 43.2 Å². The summed E-state index contributed by atoms with van der Waals surface area (Å²) in [5, 5.41) is 3.01. The number of nitrogens with one attached hydrogen (secondary N) is 1. The molecule has 0 saturated carbocycles. The van der Waals surface area contributed by atoms with Gasteiger partial charge in [-0.2, -0.15) is 0 Å². The Morgan fingerprint density at radius 2 is 1.96 bits per heavy atom. The van der Waals surface area contributed by atoms with Gasteiger partial charge in [0, 0.05) is 30.7 Å². The number of halogens is 1. The minimum atomic E-state index is -0.361. The number of aromatic nitrogens is 4. The van der Waals surface area contributed by atoms with Gasteiger partial charge >= 0.3 is 0 Å². The van der Waals surface area contributed by atoms with Crippen molar-refractivity contribution in [2.45, 2.75) is 18.9 Å². The van der Waals surface area contributed by atoms with Crippen LogP contribution in [0.2, 0.25) is 0 Å². The molecule has 0 unspecified atom stereocenters. The molecule has 136 valence electrons. The first-order chi connectivity index (χ1) is 13.2. The lowest BCUT2D eigenvalue weighted by Gasteiger charge is -2.24. The van der Waals surface area contributed by atoms with Gasteiger partial charge in [-0.15, -0.1) is 0 Å². The summed E-state index contributed by atoms with van der Waals surface area (Å²) in [5.74, 6) is 0.453. The molecule has 0 aliphatic carbocycles. The number of rotatable bonds is 4. The fraction of sp³-hybridized carbons (Fsp3) is 0.211. The molecule has 27 heavy (non-hydrogen) atoms. The quantitative estimate of drug-likeness (QED) is 0.766. The van der Waals surface area contributed by atoms with Gasteiger partial charge in [-0.25, -0.2) is 19.3 Å². The number of likely N-dealkylation sites (tertiary alicyclic amines) is 1. The van der Waals surface area contributed by atoms with E-state index in [1.807, 2.05) is 6.07 Å². The molecule has 0 spiro atoms. The van der Waals surface area contributed by atoms with Gasteiger partial charge in [0.25, 0.3) is 5.91 Å². The number of hydrogen-bond acceptors (Lipinski definition) is 6. The van der Waals surface area contributed by atoms with Crippen molar-refractivity contribution < 1.29 is 9.18 Å². The average Bonchev–Trinajstić information content (AvgIpc) is 3.19. The van der Waals surface area contributed by atoms with Crippen LogP contribution in [-0.2, 0) is 0 Å². The van der Waals surface area contributed by atoms with Crippen molar-refractivity contribution in [1.29, 1.82) is 0 Å². The van der Waals surface area contributed by atoms with Crippen LogP contribution in [0.3, 0.4) is 0 Å². The maximum atomic E-state index is 13.1. The lowest BCUT2D eigenvalue weighted by molar-refractivity contribution is 0.0733. The predicted octanol–water partition coefficient (Wildman–Crippen LogP) is 3.13. The SMILES string of the molecule is O=C(c1ccc(F)cc1)N1CCC[C@H]1c1ccnc(Nc2cnccn2)n1. The Morgan fingerprint density at radius 3 is 2.74 bits per heavy atom. The van der Waals surface area contributed by atoms with Crippen molar-refractivity contribution in [3.8, 4) is 0 Å². The van der Waals surface area contributed by atoms with E-state index in [-0.39, 0.29) is 17.8 Å². The van der Waals surface area contributed by atoms with Crippen molar-refractivity contribution >= 4 is 17.7 Å². The molecular weight excluding hydrogens is 347 g/mol. The van der Waals surface area contributed by atoms with Gasteiger partial charge in [-0.3, -0.25) is 9.78 Å². The minimum absolute atomic E-state index is 0.125. The van der Waals surface area contributed by atoms with E-state index in [4.69, 9.17) is 0 Å².